The molecule has 1 aromatic heterocycles. The molecule has 0 amide bonds. The molecule has 0 saturated heterocycles. The quantitative estimate of drug-likeness (QED) is 0.376. The van der Waals surface area contributed by atoms with E-state index in [0.29, 0.717) is 10.3 Å². The summed E-state index contributed by atoms with van der Waals surface area (Å²) < 4.78 is 0.565. The van der Waals surface area contributed by atoms with Crippen molar-refractivity contribution in [1.29, 1.82) is 0 Å². The molecule has 1 aromatic rings. The second-order valence-corrected chi connectivity index (χ2v) is 3.62. The summed E-state index contributed by atoms with van der Waals surface area (Å²) in [5, 5.41) is 22.2. The molecule has 0 aliphatic heterocycles. The maximum atomic E-state index is 9.62. The molecular formula is C8H9BrN4O2. The molecule has 6 nitrogen and oxygen atoms in total. The van der Waals surface area contributed by atoms with E-state index >= 15 is 0 Å². The lowest BCUT2D eigenvalue weighted by Gasteiger charge is -2.15. The van der Waals surface area contributed by atoms with Gasteiger partial charge in [0.25, 0.3) is 0 Å². The minimum absolute atomic E-state index is 0.189. The zero-order chi connectivity index (χ0) is 11.3. The Kier molecular flexibility index (Phi) is 4.51. The molecule has 0 spiro atoms. The van der Waals surface area contributed by atoms with Gasteiger partial charge >= 0.3 is 0 Å². The van der Waals surface area contributed by atoms with Crippen molar-refractivity contribution in [3.8, 4) is 0 Å². The standard InChI is InChI=1S/C8H9BrN4O2/c9-7-3-1-2-5(12-7)8(15)6(14)4-11-13-10/h1-3,6,8,14-15H,4H2. The highest BCUT2D eigenvalue weighted by Crippen LogP contribution is 2.17. The van der Waals surface area contributed by atoms with Gasteiger partial charge in [-0.1, -0.05) is 11.2 Å². The molecule has 0 bridgehead atoms. The zero-order valence-corrected chi connectivity index (χ0v) is 9.24. The summed E-state index contributed by atoms with van der Waals surface area (Å²) >= 11 is 3.15. The summed E-state index contributed by atoms with van der Waals surface area (Å²) in [6, 6.07) is 4.97. The fourth-order valence-electron chi connectivity index (χ4n) is 1.01. The summed E-state index contributed by atoms with van der Waals surface area (Å²) in [7, 11) is 0. The van der Waals surface area contributed by atoms with Crippen LogP contribution >= 0.6 is 15.9 Å². The molecule has 7 heteroatoms. The second kappa shape index (κ2) is 5.67. The van der Waals surface area contributed by atoms with Crippen molar-refractivity contribution in [2.45, 2.75) is 12.2 Å². The van der Waals surface area contributed by atoms with Gasteiger partial charge in [-0.2, -0.15) is 0 Å². The van der Waals surface area contributed by atoms with Gasteiger partial charge in [0, 0.05) is 4.91 Å². The maximum absolute atomic E-state index is 9.62. The van der Waals surface area contributed by atoms with Crippen molar-refractivity contribution in [3.63, 3.8) is 0 Å². The topological polar surface area (TPSA) is 102 Å². The number of hydrogen-bond donors (Lipinski definition) is 2. The Hall–Kier alpha value is -1.14. The fourth-order valence-corrected chi connectivity index (χ4v) is 1.36. The van der Waals surface area contributed by atoms with E-state index in [1.165, 1.54) is 0 Å². The van der Waals surface area contributed by atoms with Gasteiger partial charge in [-0.05, 0) is 33.6 Å². The third-order valence-electron chi connectivity index (χ3n) is 1.74. The van der Waals surface area contributed by atoms with E-state index in [4.69, 9.17) is 5.53 Å². The third kappa shape index (κ3) is 3.49. The van der Waals surface area contributed by atoms with Gasteiger partial charge in [-0.3, -0.25) is 0 Å². The summed E-state index contributed by atoms with van der Waals surface area (Å²) in [4.78, 5) is 6.47. The maximum Gasteiger partial charge on any atom is 0.122 e. The number of aliphatic hydroxyl groups is 2. The lowest BCUT2D eigenvalue weighted by molar-refractivity contribution is 0.0217. The molecule has 1 rings (SSSR count). The predicted molar refractivity (Wildman–Crippen MR) is 56.9 cm³/mol. The number of hydrogen-bond acceptors (Lipinski definition) is 4. The number of halogens is 1. The average molecular weight is 273 g/mol. The van der Waals surface area contributed by atoms with E-state index < -0.39 is 12.2 Å². The first kappa shape index (κ1) is 11.9. The van der Waals surface area contributed by atoms with E-state index in [9.17, 15) is 10.2 Å². The van der Waals surface area contributed by atoms with Crippen LogP contribution in [0.5, 0.6) is 0 Å². The molecule has 0 fully saturated rings. The smallest absolute Gasteiger partial charge is 0.122 e. The molecule has 0 aliphatic rings. The Balaban J connectivity index is 2.75. The Bertz CT molecular complexity index is 381. The van der Waals surface area contributed by atoms with Crippen LogP contribution in [0.1, 0.15) is 11.8 Å². The van der Waals surface area contributed by atoms with Crippen molar-refractivity contribution in [1.82, 2.24) is 4.98 Å². The molecule has 2 unspecified atom stereocenters. The van der Waals surface area contributed by atoms with E-state index in [1.54, 1.807) is 18.2 Å². The number of aromatic nitrogens is 1. The second-order valence-electron chi connectivity index (χ2n) is 2.81. The van der Waals surface area contributed by atoms with Crippen LogP contribution in [0.15, 0.2) is 27.9 Å². The summed E-state index contributed by atoms with van der Waals surface area (Å²) in [5.74, 6) is 0. The monoisotopic (exact) mass is 272 g/mol. The molecule has 0 radical (unpaired) electrons. The van der Waals surface area contributed by atoms with Gasteiger partial charge in [0.15, 0.2) is 0 Å². The molecule has 2 N–H and O–H groups in total. The normalized spacial score (nSPS) is 14.1. The first-order valence-electron chi connectivity index (χ1n) is 4.14. The lowest BCUT2D eigenvalue weighted by atomic mass is 10.1. The van der Waals surface area contributed by atoms with Crippen LogP contribution < -0.4 is 0 Å². The molecular weight excluding hydrogens is 264 g/mol. The van der Waals surface area contributed by atoms with Crippen LogP contribution in [0, 0.1) is 0 Å². The van der Waals surface area contributed by atoms with E-state index in [1.807, 2.05) is 0 Å². The first-order chi connectivity index (χ1) is 7.15. The molecule has 15 heavy (non-hydrogen) atoms. The van der Waals surface area contributed by atoms with Gasteiger partial charge in [0.1, 0.15) is 10.7 Å². The SMILES string of the molecule is [N-]=[N+]=NCC(O)C(O)c1cccc(Br)n1. The largest absolute Gasteiger partial charge is 0.390 e. The minimum atomic E-state index is -1.16. The predicted octanol–water partition coefficient (Wildman–Crippen LogP) is 1.55. The Labute approximate surface area is 94.3 Å². The minimum Gasteiger partial charge on any atom is -0.390 e. The van der Waals surface area contributed by atoms with E-state index in [0.717, 1.165) is 0 Å². The lowest BCUT2D eigenvalue weighted by Crippen LogP contribution is -2.22. The van der Waals surface area contributed by atoms with Gasteiger partial charge in [0.05, 0.1) is 18.3 Å². The molecule has 80 valence electrons. The van der Waals surface area contributed by atoms with Gasteiger partial charge < -0.3 is 10.2 Å². The molecule has 0 saturated carbocycles. The summed E-state index contributed by atoms with van der Waals surface area (Å²) in [6.45, 7) is -0.189. The van der Waals surface area contributed by atoms with Crippen LogP contribution in [-0.4, -0.2) is 27.8 Å². The fraction of sp³-hybridized carbons (Fsp3) is 0.375. The molecule has 0 aromatic carbocycles. The molecule has 1 heterocycles. The average Bonchev–Trinajstić information content (AvgIpc) is 2.24. The van der Waals surface area contributed by atoms with Gasteiger partial charge in [-0.15, -0.1) is 0 Å². The number of rotatable bonds is 4. The summed E-state index contributed by atoms with van der Waals surface area (Å²) in [6.07, 6.45) is -2.31. The van der Waals surface area contributed by atoms with Crippen LogP contribution in [0.3, 0.4) is 0 Å². The van der Waals surface area contributed by atoms with Crippen LogP contribution in [0.25, 0.3) is 10.4 Å². The van der Waals surface area contributed by atoms with Crippen LogP contribution in [-0.2, 0) is 0 Å². The Morgan fingerprint density at radius 1 is 1.53 bits per heavy atom. The van der Waals surface area contributed by atoms with E-state index in [2.05, 4.69) is 30.9 Å². The number of pyridine rings is 1. The van der Waals surface area contributed by atoms with Crippen molar-refractivity contribution in [2.75, 3.05) is 6.54 Å². The van der Waals surface area contributed by atoms with Crippen molar-refractivity contribution < 1.29 is 10.2 Å². The number of aliphatic hydroxyl groups excluding tert-OH is 2. The van der Waals surface area contributed by atoms with E-state index in [-0.39, 0.29) is 6.54 Å². The highest BCUT2D eigenvalue weighted by atomic mass is 79.9. The molecule has 2 atom stereocenters. The highest BCUT2D eigenvalue weighted by Gasteiger charge is 2.18. The van der Waals surface area contributed by atoms with Gasteiger partial charge in [0.2, 0.25) is 0 Å². The molecule has 0 aliphatic carbocycles. The van der Waals surface area contributed by atoms with Crippen molar-refractivity contribution in [3.05, 3.63) is 38.9 Å². The summed E-state index contributed by atoms with van der Waals surface area (Å²) in [5.41, 5.74) is 8.38. The number of nitrogens with zero attached hydrogens (tertiary/aromatic N) is 4. The first-order valence-corrected chi connectivity index (χ1v) is 4.94. The zero-order valence-electron chi connectivity index (χ0n) is 7.66. The highest BCUT2D eigenvalue weighted by molar-refractivity contribution is 9.10. The third-order valence-corrected chi connectivity index (χ3v) is 2.18. The van der Waals surface area contributed by atoms with Gasteiger partial charge in [-0.25, -0.2) is 4.98 Å². The van der Waals surface area contributed by atoms with Crippen molar-refractivity contribution in [2.24, 2.45) is 5.11 Å². The Morgan fingerprint density at radius 2 is 2.27 bits per heavy atom. The van der Waals surface area contributed by atoms with Crippen LogP contribution in [0.2, 0.25) is 0 Å². The Morgan fingerprint density at radius 3 is 2.87 bits per heavy atom. The van der Waals surface area contributed by atoms with Crippen molar-refractivity contribution >= 4 is 15.9 Å². The van der Waals surface area contributed by atoms with Crippen LogP contribution in [0.4, 0.5) is 0 Å². The number of azide groups is 1.